The van der Waals surface area contributed by atoms with Crippen molar-refractivity contribution in [2.24, 2.45) is 0 Å². The van der Waals surface area contributed by atoms with Crippen LogP contribution in [0.2, 0.25) is 5.02 Å². The van der Waals surface area contributed by atoms with Crippen LogP contribution in [0.4, 0.5) is 5.69 Å². The fourth-order valence-corrected chi connectivity index (χ4v) is 2.32. The number of methoxy groups -OCH3 is 2. The molecule has 0 saturated carbocycles. The zero-order valence-corrected chi connectivity index (χ0v) is 13.0. The van der Waals surface area contributed by atoms with Gasteiger partial charge in [-0.15, -0.1) is 0 Å². The minimum absolute atomic E-state index is 0.0352. The molecule has 0 radical (unpaired) electrons. The van der Waals surface area contributed by atoms with Gasteiger partial charge in [-0.1, -0.05) is 17.7 Å². The molecule has 0 spiro atoms. The molecular weight excluding hydrogens is 290 g/mol. The lowest BCUT2D eigenvalue weighted by Gasteiger charge is -2.20. The minimum atomic E-state index is -0.0352. The number of anilines is 1. The second-order valence-corrected chi connectivity index (χ2v) is 5.09. The molecule has 112 valence electrons. The summed E-state index contributed by atoms with van der Waals surface area (Å²) in [6.07, 6.45) is 0. The van der Waals surface area contributed by atoms with Gasteiger partial charge in [0.25, 0.3) is 0 Å². The second-order valence-electron chi connectivity index (χ2n) is 4.69. The molecule has 21 heavy (non-hydrogen) atoms. The molecule has 0 fully saturated rings. The largest absolute Gasteiger partial charge is 0.503 e. The van der Waals surface area contributed by atoms with Gasteiger partial charge in [0.15, 0.2) is 11.5 Å². The van der Waals surface area contributed by atoms with E-state index in [1.54, 1.807) is 19.2 Å². The van der Waals surface area contributed by atoms with Gasteiger partial charge in [-0.2, -0.15) is 0 Å². The predicted octanol–water partition coefficient (Wildman–Crippen LogP) is 3.70. The first-order chi connectivity index (χ1) is 10.0. The first kappa shape index (κ1) is 15.3. The summed E-state index contributed by atoms with van der Waals surface area (Å²) in [7, 11) is 5.12. The van der Waals surface area contributed by atoms with Gasteiger partial charge in [-0.25, -0.2) is 0 Å². The Hall–Kier alpha value is -2.07. The smallest absolute Gasteiger partial charge is 0.176 e. The van der Waals surface area contributed by atoms with E-state index in [0.29, 0.717) is 12.3 Å². The zero-order chi connectivity index (χ0) is 15.4. The minimum Gasteiger partial charge on any atom is -0.503 e. The number of nitrogens with zero attached hydrogens (tertiary/aromatic N) is 1. The Labute approximate surface area is 129 Å². The van der Waals surface area contributed by atoms with Crippen LogP contribution < -0.4 is 14.4 Å². The number of benzene rings is 2. The monoisotopic (exact) mass is 307 g/mol. The third-order valence-electron chi connectivity index (χ3n) is 3.22. The molecule has 2 aromatic rings. The van der Waals surface area contributed by atoms with Crippen molar-refractivity contribution in [3.8, 4) is 17.2 Å². The molecule has 4 nitrogen and oxygen atoms in total. The number of hydrogen-bond acceptors (Lipinski definition) is 4. The van der Waals surface area contributed by atoms with Crippen molar-refractivity contribution in [2.75, 3.05) is 26.2 Å². The molecule has 0 aliphatic carbocycles. The molecule has 0 atom stereocenters. The van der Waals surface area contributed by atoms with Crippen molar-refractivity contribution >= 4 is 17.3 Å². The Morgan fingerprint density at radius 2 is 1.90 bits per heavy atom. The first-order valence-electron chi connectivity index (χ1n) is 6.45. The van der Waals surface area contributed by atoms with Crippen molar-refractivity contribution < 1.29 is 14.6 Å². The Kier molecular flexibility index (Phi) is 4.81. The van der Waals surface area contributed by atoms with Crippen LogP contribution in [0.15, 0.2) is 36.4 Å². The number of halogens is 1. The van der Waals surface area contributed by atoms with Crippen LogP contribution in [-0.2, 0) is 6.54 Å². The number of aromatic hydroxyl groups is 1. The maximum absolute atomic E-state index is 9.75. The molecule has 2 aromatic carbocycles. The van der Waals surface area contributed by atoms with Gasteiger partial charge >= 0.3 is 0 Å². The molecule has 0 aliphatic heterocycles. The zero-order valence-electron chi connectivity index (χ0n) is 12.3. The molecule has 2 rings (SSSR count). The SMILES string of the molecule is COc1cccc(N(C)Cc2cc(Cl)c(O)c(OC)c2)c1. The summed E-state index contributed by atoms with van der Waals surface area (Å²) in [5.41, 5.74) is 1.97. The van der Waals surface area contributed by atoms with Crippen LogP contribution in [0.5, 0.6) is 17.2 Å². The third-order valence-corrected chi connectivity index (χ3v) is 3.51. The first-order valence-corrected chi connectivity index (χ1v) is 6.83. The van der Waals surface area contributed by atoms with E-state index in [0.717, 1.165) is 17.0 Å². The Morgan fingerprint density at radius 1 is 1.14 bits per heavy atom. The van der Waals surface area contributed by atoms with Gasteiger partial charge < -0.3 is 19.5 Å². The maximum Gasteiger partial charge on any atom is 0.176 e. The van der Waals surface area contributed by atoms with Gasteiger partial charge in [-0.05, 0) is 29.8 Å². The second kappa shape index (κ2) is 6.59. The van der Waals surface area contributed by atoms with Gasteiger partial charge in [0.05, 0.1) is 19.2 Å². The van der Waals surface area contributed by atoms with E-state index in [-0.39, 0.29) is 10.8 Å². The topological polar surface area (TPSA) is 41.9 Å². The number of phenols is 1. The Morgan fingerprint density at radius 3 is 2.57 bits per heavy atom. The average molecular weight is 308 g/mol. The van der Waals surface area contributed by atoms with E-state index < -0.39 is 0 Å². The van der Waals surface area contributed by atoms with Gasteiger partial charge in [0.1, 0.15) is 5.75 Å². The molecule has 0 saturated heterocycles. The summed E-state index contributed by atoms with van der Waals surface area (Å²) < 4.78 is 10.3. The van der Waals surface area contributed by atoms with E-state index in [9.17, 15) is 5.11 Å². The molecule has 1 N–H and O–H groups in total. The van der Waals surface area contributed by atoms with E-state index in [2.05, 4.69) is 4.90 Å². The van der Waals surface area contributed by atoms with Crippen LogP contribution >= 0.6 is 11.6 Å². The fraction of sp³-hybridized carbons (Fsp3) is 0.250. The number of ether oxygens (including phenoxy) is 2. The van der Waals surface area contributed by atoms with Gasteiger partial charge in [-0.3, -0.25) is 0 Å². The quantitative estimate of drug-likeness (QED) is 0.914. The lowest BCUT2D eigenvalue weighted by atomic mass is 10.1. The number of phenolic OH excluding ortho intramolecular Hbond substituents is 1. The summed E-state index contributed by atoms with van der Waals surface area (Å²) in [6, 6.07) is 11.3. The number of hydrogen-bond donors (Lipinski definition) is 1. The molecule has 0 bridgehead atoms. The van der Waals surface area contributed by atoms with Crippen LogP contribution in [0.25, 0.3) is 0 Å². The van der Waals surface area contributed by atoms with E-state index >= 15 is 0 Å². The molecule has 5 heteroatoms. The molecular formula is C16H18ClNO3. The fourth-order valence-electron chi connectivity index (χ4n) is 2.09. The summed E-state index contributed by atoms with van der Waals surface area (Å²) in [5.74, 6) is 1.14. The maximum atomic E-state index is 9.75. The van der Waals surface area contributed by atoms with Crippen molar-refractivity contribution in [1.29, 1.82) is 0 Å². The van der Waals surface area contributed by atoms with Crippen molar-refractivity contribution in [2.45, 2.75) is 6.54 Å². The average Bonchev–Trinajstić information content (AvgIpc) is 2.50. The standard InChI is InChI=1S/C16H18ClNO3/c1-18(12-5-4-6-13(9-12)20-2)10-11-7-14(17)16(19)15(8-11)21-3/h4-9,19H,10H2,1-3H3. The van der Waals surface area contributed by atoms with E-state index in [1.165, 1.54) is 7.11 Å². The summed E-state index contributed by atoms with van der Waals surface area (Å²) >= 11 is 6.01. The molecule has 0 heterocycles. The van der Waals surface area contributed by atoms with Crippen LogP contribution in [0.3, 0.4) is 0 Å². The normalized spacial score (nSPS) is 10.3. The van der Waals surface area contributed by atoms with Crippen LogP contribution in [0.1, 0.15) is 5.56 Å². The van der Waals surface area contributed by atoms with Crippen molar-refractivity contribution in [3.05, 3.63) is 47.0 Å². The van der Waals surface area contributed by atoms with E-state index in [1.807, 2.05) is 31.3 Å². The van der Waals surface area contributed by atoms with Gasteiger partial charge in [0, 0.05) is 25.3 Å². The summed E-state index contributed by atoms with van der Waals surface area (Å²) in [6.45, 7) is 0.628. The molecule has 0 aliphatic rings. The summed E-state index contributed by atoms with van der Waals surface area (Å²) in [4.78, 5) is 2.06. The number of rotatable bonds is 5. The lowest BCUT2D eigenvalue weighted by molar-refractivity contribution is 0.373. The van der Waals surface area contributed by atoms with Gasteiger partial charge in [0.2, 0.25) is 0 Å². The Balaban J connectivity index is 2.22. The lowest BCUT2D eigenvalue weighted by Crippen LogP contribution is -2.16. The highest BCUT2D eigenvalue weighted by Gasteiger charge is 2.11. The van der Waals surface area contributed by atoms with Crippen LogP contribution in [0, 0.1) is 0 Å². The van der Waals surface area contributed by atoms with Crippen LogP contribution in [-0.4, -0.2) is 26.4 Å². The van der Waals surface area contributed by atoms with Crippen molar-refractivity contribution in [1.82, 2.24) is 0 Å². The van der Waals surface area contributed by atoms with E-state index in [4.69, 9.17) is 21.1 Å². The third kappa shape index (κ3) is 3.52. The Bertz CT molecular complexity index is 631. The highest BCUT2D eigenvalue weighted by Crippen LogP contribution is 2.35. The summed E-state index contributed by atoms with van der Waals surface area (Å²) in [5, 5.41) is 10.0. The molecule has 0 amide bonds. The predicted molar refractivity (Wildman–Crippen MR) is 84.8 cm³/mol. The highest BCUT2D eigenvalue weighted by molar-refractivity contribution is 6.32. The highest BCUT2D eigenvalue weighted by atomic mass is 35.5. The molecule has 0 unspecified atom stereocenters. The molecule has 0 aromatic heterocycles. The van der Waals surface area contributed by atoms with Crippen molar-refractivity contribution in [3.63, 3.8) is 0 Å².